The van der Waals surface area contributed by atoms with E-state index in [0.717, 1.165) is 11.3 Å². The lowest BCUT2D eigenvalue weighted by atomic mass is 10.2. The predicted molar refractivity (Wildman–Crippen MR) is 76.9 cm³/mol. The molecule has 1 amide bonds. The van der Waals surface area contributed by atoms with E-state index in [1.54, 1.807) is 13.2 Å². The van der Waals surface area contributed by atoms with E-state index in [-0.39, 0.29) is 5.91 Å². The fourth-order valence-electron chi connectivity index (χ4n) is 1.47. The molecule has 1 aromatic carbocycles. The van der Waals surface area contributed by atoms with Crippen molar-refractivity contribution in [2.24, 2.45) is 0 Å². The number of hydrogen-bond acceptors (Lipinski definition) is 4. The molecular weight excluding hydrogens is 260 g/mol. The fourth-order valence-corrected chi connectivity index (χ4v) is 2.08. The fraction of sp³-hybridized carbons (Fsp3) is 0.0714. The van der Waals surface area contributed by atoms with Gasteiger partial charge < -0.3 is 4.74 Å². The van der Waals surface area contributed by atoms with Crippen molar-refractivity contribution in [1.29, 1.82) is 0 Å². The van der Waals surface area contributed by atoms with Gasteiger partial charge in [-0.3, -0.25) is 15.6 Å². The Labute approximate surface area is 115 Å². The monoisotopic (exact) mass is 274 g/mol. The second kappa shape index (κ2) is 6.06. The molecule has 0 aliphatic heterocycles. The molecular formula is C14H14N2O2S. The Hall–Kier alpha value is -2.27. The standard InChI is InChI=1S/C14H14N2O2S/c1-10(11-5-7-12(18-2)8-6-11)15-16-14(17)13-4-3-9-19-13/h3-9,15H,1H2,2H3,(H,16,17). The average molecular weight is 274 g/mol. The van der Waals surface area contributed by atoms with Crippen molar-refractivity contribution in [3.8, 4) is 5.75 Å². The Morgan fingerprint density at radius 1 is 1.21 bits per heavy atom. The molecule has 4 nitrogen and oxygen atoms in total. The van der Waals surface area contributed by atoms with E-state index in [1.807, 2.05) is 35.7 Å². The van der Waals surface area contributed by atoms with Crippen LogP contribution < -0.4 is 15.6 Å². The van der Waals surface area contributed by atoms with E-state index in [2.05, 4.69) is 17.4 Å². The van der Waals surface area contributed by atoms with Crippen LogP contribution in [0.2, 0.25) is 0 Å². The lowest BCUT2D eigenvalue weighted by Gasteiger charge is -2.11. The molecule has 0 bridgehead atoms. The van der Waals surface area contributed by atoms with E-state index < -0.39 is 0 Å². The van der Waals surface area contributed by atoms with Gasteiger partial charge in [-0.2, -0.15) is 0 Å². The molecule has 2 aromatic rings. The molecule has 0 radical (unpaired) electrons. The number of carbonyl (C=O) groups excluding carboxylic acids is 1. The zero-order chi connectivity index (χ0) is 13.7. The van der Waals surface area contributed by atoms with Crippen LogP contribution in [0.1, 0.15) is 15.2 Å². The molecule has 0 aliphatic rings. The van der Waals surface area contributed by atoms with Gasteiger partial charge in [-0.05, 0) is 41.3 Å². The summed E-state index contributed by atoms with van der Waals surface area (Å²) in [5.74, 6) is 0.601. The third-order valence-corrected chi connectivity index (χ3v) is 3.38. The summed E-state index contributed by atoms with van der Waals surface area (Å²) in [5, 5.41) is 1.85. The van der Waals surface area contributed by atoms with E-state index in [9.17, 15) is 4.79 Å². The van der Waals surface area contributed by atoms with Crippen LogP contribution in [0.25, 0.3) is 5.70 Å². The number of hydrogen-bond donors (Lipinski definition) is 2. The third kappa shape index (κ3) is 3.35. The minimum Gasteiger partial charge on any atom is -0.497 e. The summed E-state index contributed by atoms with van der Waals surface area (Å²) in [6, 6.07) is 11.0. The average Bonchev–Trinajstić information content (AvgIpc) is 2.98. The highest BCUT2D eigenvalue weighted by atomic mass is 32.1. The van der Waals surface area contributed by atoms with Crippen LogP contribution in [0.4, 0.5) is 0 Å². The van der Waals surface area contributed by atoms with Crippen molar-refractivity contribution in [1.82, 2.24) is 10.9 Å². The summed E-state index contributed by atoms with van der Waals surface area (Å²) in [7, 11) is 1.61. The second-order valence-electron chi connectivity index (χ2n) is 3.76. The number of thiophene rings is 1. The summed E-state index contributed by atoms with van der Waals surface area (Å²) in [4.78, 5) is 12.4. The van der Waals surface area contributed by atoms with E-state index in [4.69, 9.17) is 4.74 Å². The van der Waals surface area contributed by atoms with Crippen LogP contribution in [-0.2, 0) is 0 Å². The van der Waals surface area contributed by atoms with Crippen molar-refractivity contribution in [2.75, 3.05) is 7.11 Å². The van der Waals surface area contributed by atoms with Crippen LogP contribution in [0.3, 0.4) is 0 Å². The van der Waals surface area contributed by atoms with Gasteiger partial charge in [0.25, 0.3) is 5.91 Å². The van der Waals surface area contributed by atoms with Crippen molar-refractivity contribution in [2.45, 2.75) is 0 Å². The zero-order valence-electron chi connectivity index (χ0n) is 10.5. The molecule has 0 aliphatic carbocycles. The van der Waals surface area contributed by atoms with Gasteiger partial charge in [0.1, 0.15) is 5.75 Å². The van der Waals surface area contributed by atoms with Gasteiger partial charge in [-0.1, -0.05) is 12.6 Å². The van der Waals surface area contributed by atoms with Crippen LogP contribution in [-0.4, -0.2) is 13.0 Å². The molecule has 0 unspecified atom stereocenters. The number of hydrazine groups is 1. The molecule has 19 heavy (non-hydrogen) atoms. The van der Waals surface area contributed by atoms with Crippen molar-refractivity contribution in [3.05, 3.63) is 58.8 Å². The number of ether oxygens (including phenoxy) is 1. The Morgan fingerprint density at radius 2 is 1.95 bits per heavy atom. The molecule has 0 fully saturated rings. The van der Waals surface area contributed by atoms with Gasteiger partial charge in [-0.25, -0.2) is 0 Å². The van der Waals surface area contributed by atoms with Gasteiger partial charge in [0.2, 0.25) is 0 Å². The van der Waals surface area contributed by atoms with Gasteiger partial charge in [0, 0.05) is 0 Å². The SMILES string of the molecule is C=C(NNC(=O)c1cccs1)c1ccc(OC)cc1. The van der Waals surface area contributed by atoms with E-state index in [0.29, 0.717) is 10.6 Å². The molecule has 98 valence electrons. The molecule has 0 atom stereocenters. The maximum atomic E-state index is 11.7. The van der Waals surface area contributed by atoms with Crippen molar-refractivity contribution in [3.63, 3.8) is 0 Å². The number of nitrogens with one attached hydrogen (secondary N) is 2. The molecule has 0 saturated carbocycles. The maximum Gasteiger partial charge on any atom is 0.279 e. The minimum atomic E-state index is -0.176. The summed E-state index contributed by atoms with van der Waals surface area (Å²) in [6.45, 7) is 3.87. The second-order valence-corrected chi connectivity index (χ2v) is 4.71. The minimum absolute atomic E-state index is 0.176. The van der Waals surface area contributed by atoms with Gasteiger partial charge >= 0.3 is 0 Å². The highest BCUT2D eigenvalue weighted by molar-refractivity contribution is 7.12. The summed E-state index contributed by atoms with van der Waals surface area (Å²) in [5.41, 5.74) is 6.90. The number of benzene rings is 1. The molecule has 1 aromatic heterocycles. The smallest absolute Gasteiger partial charge is 0.279 e. The quantitative estimate of drug-likeness (QED) is 0.824. The Bertz CT molecular complexity index is 562. The van der Waals surface area contributed by atoms with Crippen molar-refractivity contribution >= 4 is 22.9 Å². The van der Waals surface area contributed by atoms with Crippen LogP contribution in [0, 0.1) is 0 Å². The molecule has 1 heterocycles. The number of carbonyl (C=O) groups is 1. The number of amides is 1. The maximum absolute atomic E-state index is 11.7. The Morgan fingerprint density at radius 3 is 2.53 bits per heavy atom. The summed E-state index contributed by atoms with van der Waals surface area (Å²) in [6.07, 6.45) is 0. The first-order chi connectivity index (χ1) is 9.20. The highest BCUT2D eigenvalue weighted by Gasteiger charge is 2.06. The van der Waals surface area contributed by atoms with Crippen LogP contribution >= 0.6 is 11.3 Å². The summed E-state index contributed by atoms with van der Waals surface area (Å²) < 4.78 is 5.08. The summed E-state index contributed by atoms with van der Waals surface area (Å²) >= 11 is 1.39. The Kier molecular flexibility index (Phi) is 4.20. The molecule has 0 saturated heterocycles. The lowest BCUT2D eigenvalue weighted by Crippen LogP contribution is -2.35. The number of methoxy groups -OCH3 is 1. The van der Waals surface area contributed by atoms with Gasteiger partial charge in [-0.15, -0.1) is 11.3 Å². The first kappa shape index (κ1) is 13.2. The van der Waals surface area contributed by atoms with Crippen LogP contribution in [0.15, 0.2) is 48.4 Å². The Balaban J connectivity index is 1.92. The number of rotatable bonds is 5. The third-order valence-electron chi connectivity index (χ3n) is 2.51. The highest BCUT2D eigenvalue weighted by Crippen LogP contribution is 2.15. The molecule has 0 spiro atoms. The van der Waals surface area contributed by atoms with Gasteiger partial charge in [0.15, 0.2) is 0 Å². The van der Waals surface area contributed by atoms with Gasteiger partial charge in [0.05, 0.1) is 17.7 Å². The van der Waals surface area contributed by atoms with Crippen LogP contribution in [0.5, 0.6) is 5.75 Å². The van der Waals surface area contributed by atoms with E-state index >= 15 is 0 Å². The molecule has 2 N–H and O–H groups in total. The molecule has 2 rings (SSSR count). The van der Waals surface area contributed by atoms with E-state index in [1.165, 1.54) is 11.3 Å². The van der Waals surface area contributed by atoms with Crippen molar-refractivity contribution < 1.29 is 9.53 Å². The molecule has 5 heteroatoms. The lowest BCUT2D eigenvalue weighted by molar-refractivity contribution is 0.0946. The zero-order valence-corrected chi connectivity index (χ0v) is 11.3. The first-order valence-electron chi connectivity index (χ1n) is 5.64. The topological polar surface area (TPSA) is 50.4 Å². The normalized spacial score (nSPS) is 9.74. The largest absolute Gasteiger partial charge is 0.497 e. The first-order valence-corrected chi connectivity index (χ1v) is 6.52. The predicted octanol–water partition coefficient (Wildman–Crippen LogP) is 2.66.